The Kier molecular flexibility index (Phi) is 8.22. The van der Waals surface area contributed by atoms with Crippen LogP contribution in [0.1, 0.15) is 32.8 Å². The van der Waals surface area contributed by atoms with Crippen LogP contribution in [-0.2, 0) is 11.2 Å². The molecule has 1 heterocycles. The van der Waals surface area contributed by atoms with Crippen LogP contribution in [0, 0.1) is 0 Å². The number of fused-ring (bicyclic) bond motifs is 1. The normalized spacial score (nSPS) is 11.2. The molecule has 0 unspecified atom stereocenters. The molecule has 1 aromatic heterocycles. The van der Waals surface area contributed by atoms with E-state index >= 15 is 0 Å². The van der Waals surface area contributed by atoms with Crippen LogP contribution in [-0.4, -0.2) is 43.7 Å². The van der Waals surface area contributed by atoms with Crippen molar-refractivity contribution in [3.63, 3.8) is 0 Å². The van der Waals surface area contributed by atoms with Gasteiger partial charge in [-0.05, 0) is 50.1 Å². The van der Waals surface area contributed by atoms with Crippen LogP contribution < -0.4 is 14.5 Å². The second-order valence-electron chi connectivity index (χ2n) is 7.32. The summed E-state index contributed by atoms with van der Waals surface area (Å²) in [5.74, 6) is 0.851. The lowest BCUT2D eigenvalue weighted by Gasteiger charge is -2.23. The molecule has 0 aliphatic heterocycles. The van der Waals surface area contributed by atoms with Crippen molar-refractivity contribution in [2.24, 2.45) is 0 Å². The first-order valence-electron chi connectivity index (χ1n) is 10.9. The van der Waals surface area contributed by atoms with Crippen molar-refractivity contribution in [2.45, 2.75) is 33.6 Å². The van der Waals surface area contributed by atoms with Gasteiger partial charge in [-0.2, -0.15) is 0 Å². The molecule has 0 saturated carbocycles. The summed E-state index contributed by atoms with van der Waals surface area (Å²) in [4.78, 5) is 21.2. The maximum atomic E-state index is 13.1. The zero-order valence-electron chi connectivity index (χ0n) is 18.2. The van der Waals surface area contributed by atoms with E-state index in [1.165, 1.54) is 10.5 Å². The van der Waals surface area contributed by atoms with Gasteiger partial charge >= 0.3 is 0 Å². The van der Waals surface area contributed by atoms with E-state index in [0.29, 0.717) is 19.6 Å². The molecule has 0 aliphatic carbocycles. The van der Waals surface area contributed by atoms with Crippen LogP contribution in [0.3, 0.4) is 0 Å². The van der Waals surface area contributed by atoms with Crippen molar-refractivity contribution < 1.29 is 14.4 Å². The largest absolute Gasteiger partial charge is 0.493 e. The maximum absolute atomic E-state index is 13.1. The summed E-state index contributed by atoms with van der Waals surface area (Å²) < 4.78 is 6.89. The average Bonchev–Trinajstić information content (AvgIpc) is 3.20. The van der Waals surface area contributed by atoms with E-state index in [9.17, 15) is 4.79 Å². The summed E-state index contributed by atoms with van der Waals surface area (Å²) in [7, 11) is 0. The molecule has 0 fully saturated rings. The number of amides is 1. The van der Waals surface area contributed by atoms with Crippen LogP contribution in [0.5, 0.6) is 5.75 Å². The number of likely N-dealkylation sites (N-methyl/N-ethyl adjacent to an activating group) is 1. The number of ether oxygens (including phenoxy) is 1. The molecule has 0 spiro atoms. The summed E-state index contributed by atoms with van der Waals surface area (Å²) in [6, 6.07) is 16.0. The lowest BCUT2D eigenvalue weighted by molar-refractivity contribution is -0.894. The van der Waals surface area contributed by atoms with E-state index in [4.69, 9.17) is 9.72 Å². The third-order valence-corrected chi connectivity index (χ3v) is 6.44. The molecule has 30 heavy (non-hydrogen) atoms. The number of nitrogens with zero attached hydrogens (tertiary/aromatic N) is 2. The standard InChI is InChI=1S/C24H31N3O2S/c1-4-19-12-13-21-22(18-19)30-24(25-21)27(16-15-26(5-2)6-3)23(28)14-17-29-20-10-8-7-9-11-20/h7-13,18H,4-6,14-17H2,1-3H3/p+1. The Labute approximate surface area is 183 Å². The SMILES string of the molecule is CCc1ccc2nc(N(CC[NH+](CC)CC)C(=O)CCOc3ccccc3)sc2c1. The highest BCUT2D eigenvalue weighted by molar-refractivity contribution is 7.22. The second-order valence-corrected chi connectivity index (χ2v) is 8.33. The van der Waals surface area contributed by atoms with Gasteiger partial charge in [0.15, 0.2) is 5.13 Å². The van der Waals surface area contributed by atoms with Gasteiger partial charge in [-0.1, -0.05) is 42.5 Å². The molecule has 1 amide bonds. The van der Waals surface area contributed by atoms with Gasteiger partial charge in [-0.15, -0.1) is 0 Å². The molecule has 3 aromatic rings. The molecule has 2 aromatic carbocycles. The number of hydrogen-bond donors (Lipinski definition) is 1. The van der Waals surface area contributed by atoms with Gasteiger partial charge in [-0.25, -0.2) is 4.98 Å². The van der Waals surface area contributed by atoms with Crippen LogP contribution >= 0.6 is 11.3 Å². The van der Waals surface area contributed by atoms with E-state index < -0.39 is 0 Å². The topological polar surface area (TPSA) is 46.9 Å². The van der Waals surface area contributed by atoms with E-state index in [2.05, 4.69) is 39.0 Å². The number of para-hydroxylation sites is 1. The predicted molar refractivity (Wildman–Crippen MR) is 125 cm³/mol. The number of quaternary nitrogens is 1. The molecule has 0 bridgehead atoms. The first kappa shape index (κ1) is 22.2. The smallest absolute Gasteiger partial charge is 0.232 e. The Morgan fingerprint density at radius 2 is 1.87 bits per heavy atom. The predicted octanol–water partition coefficient (Wildman–Crippen LogP) is 3.59. The lowest BCUT2D eigenvalue weighted by atomic mass is 10.2. The molecular formula is C24H32N3O2S+. The Morgan fingerprint density at radius 3 is 2.57 bits per heavy atom. The van der Waals surface area contributed by atoms with Crippen LogP contribution in [0.25, 0.3) is 10.2 Å². The summed E-state index contributed by atoms with van der Waals surface area (Å²) in [5, 5.41) is 0.787. The van der Waals surface area contributed by atoms with Crippen LogP contribution in [0.2, 0.25) is 0 Å². The summed E-state index contributed by atoms with van der Waals surface area (Å²) in [6.45, 7) is 10.6. The van der Waals surface area contributed by atoms with Gasteiger partial charge in [-0.3, -0.25) is 9.69 Å². The fourth-order valence-electron chi connectivity index (χ4n) is 3.40. The number of anilines is 1. The van der Waals surface area contributed by atoms with Crippen LogP contribution in [0.15, 0.2) is 48.5 Å². The Morgan fingerprint density at radius 1 is 1.10 bits per heavy atom. The number of aromatic nitrogens is 1. The number of thiazole rings is 1. The fourth-order valence-corrected chi connectivity index (χ4v) is 4.47. The van der Waals surface area contributed by atoms with Crippen molar-refractivity contribution in [1.82, 2.24) is 4.98 Å². The molecule has 0 radical (unpaired) electrons. The summed E-state index contributed by atoms with van der Waals surface area (Å²) >= 11 is 1.60. The molecule has 3 rings (SSSR count). The first-order chi connectivity index (χ1) is 14.6. The number of benzene rings is 2. The van der Waals surface area contributed by atoms with Gasteiger partial charge in [0.05, 0.1) is 49.4 Å². The van der Waals surface area contributed by atoms with Crippen molar-refractivity contribution in [1.29, 1.82) is 0 Å². The lowest BCUT2D eigenvalue weighted by Crippen LogP contribution is -3.12. The van der Waals surface area contributed by atoms with Crippen molar-refractivity contribution in [3.05, 3.63) is 54.1 Å². The third-order valence-electron chi connectivity index (χ3n) is 5.40. The Hall–Kier alpha value is -2.44. The average molecular weight is 427 g/mol. The number of aryl methyl sites for hydroxylation is 1. The molecule has 5 nitrogen and oxygen atoms in total. The van der Waals surface area contributed by atoms with Crippen molar-refractivity contribution in [3.8, 4) is 5.75 Å². The fraction of sp³-hybridized carbons (Fsp3) is 0.417. The van der Waals surface area contributed by atoms with E-state index in [1.807, 2.05) is 35.2 Å². The highest BCUT2D eigenvalue weighted by atomic mass is 32.1. The number of carbonyl (C=O) groups is 1. The van der Waals surface area contributed by atoms with Gasteiger partial charge in [0.25, 0.3) is 0 Å². The maximum Gasteiger partial charge on any atom is 0.232 e. The minimum atomic E-state index is 0.0623. The third kappa shape index (κ3) is 5.80. The highest BCUT2D eigenvalue weighted by Gasteiger charge is 2.21. The van der Waals surface area contributed by atoms with E-state index in [-0.39, 0.29) is 5.91 Å². The molecule has 6 heteroatoms. The van der Waals surface area contributed by atoms with Gasteiger partial charge in [0, 0.05) is 0 Å². The molecule has 160 valence electrons. The van der Waals surface area contributed by atoms with Crippen LogP contribution in [0.4, 0.5) is 5.13 Å². The van der Waals surface area contributed by atoms with Crippen molar-refractivity contribution >= 4 is 32.6 Å². The summed E-state index contributed by atoms with van der Waals surface area (Å²) in [5.41, 5.74) is 2.25. The monoisotopic (exact) mass is 426 g/mol. The molecule has 0 atom stereocenters. The number of rotatable bonds is 11. The number of hydrogen-bond acceptors (Lipinski definition) is 4. The molecule has 1 N–H and O–H groups in total. The Balaban J connectivity index is 1.74. The van der Waals surface area contributed by atoms with E-state index in [0.717, 1.165) is 47.2 Å². The minimum absolute atomic E-state index is 0.0623. The van der Waals surface area contributed by atoms with Gasteiger partial charge < -0.3 is 9.64 Å². The first-order valence-corrected chi connectivity index (χ1v) is 11.7. The summed E-state index contributed by atoms with van der Waals surface area (Å²) in [6.07, 6.45) is 1.33. The zero-order chi connectivity index (χ0) is 21.3. The highest BCUT2D eigenvalue weighted by Crippen LogP contribution is 2.30. The zero-order valence-corrected chi connectivity index (χ0v) is 19.0. The number of nitrogens with one attached hydrogen (secondary N) is 1. The molecular weight excluding hydrogens is 394 g/mol. The minimum Gasteiger partial charge on any atom is -0.493 e. The van der Waals surface area contributed by atoms with Gasteiger partial charge in [0.2, 0.25) is 5.91 Å². The van der Waals surface area contributed by atoms with E-state index in [1.54, 1.807) is 11.3 Å². The van der Waals surface area contributed by atoms with Gasteiger partial charge in [0.1, 0.15) is 5.75 Å². The Bertz CT molecular complexity index is 938. The second kappa shape index (κ2) is 11.1. The molecule has 0 saturated heterocycles. The quantitative estimate of drug-likeness (QED) is 0.510. The molecule has 0 aliphatic rings. The van der Waals surface area contributed by atoms with Crippen molar-refractivity contribution in [2.75, 3.05) is 37.7 Å². The number of carbonyl (C=O) groups excluding carboxylic acids is 1.